The highest BCUT2D eigenvalue weighted by Crippen LogP contribution is 2.44. The van der Waals surface area contributed by atoms with Gasteiger partial charge in [0.1, 0.15) is 0 Å². The minimum absolute atomic E-state index is 0.00575. The van der Waals surface area contributed by atoms with E-state index in [-0.39, 0.29) is 21.5 Å². The minimum atomic E-state index is -4.28. The van der Waals surface area contributed by atoms with Crippen molar-refractivity contribution < 1.29 is 15.7 Å². The molecule has 2 amide bonds. The number of nitrogens with one attached hydrogen (secondary N) is 1. The molecule has 0 spiro atoms. The Morgan fingerprint density at radius 1 is 0.531 bits per heavy atom. The maximum Gasteiger partial charge on any atom is 0.342 e. The van der Waals surface area contributed by atoms with Crippen LogP contribution >= 0.6 is 19.8 Å². The van der Waals surface area contributed by atoms with Crippen LogP contribution in [0.3, 0.4) is 0 Å². The van der Waals surface area contributed by atoms with Crippen LogP contribution in [-0.4, -0.2) is 11.8 Å². The Morgan fingerprint density at radius 3 is 1.39 bits per heavy atom. The molecule has 0 aliphatic carbocycles. The van der Waals surface area contributed by atoms with Crippen LogP contribution in [0.4, 0.5) is 0 Å². The number of hydrogen-bond acceptors (Lipinski definition) is 4. The molecular formula is C43H52INO4. The highest BCUT2D eigenvalue weighted by Gasteiger charge is 2.29. The van der Waals surface area contributed by atoms with Gasteiger partial charge in [0.15, 0.2) is 0 Å². The van der Waals surface area contributed by atoms with Gasteiger partial charge in [0.05, 0.1) is 9.13 Å². The van der Waals surface area contributed by atoms with E-state index in [2.05, 4.69) is 12.2 Å². The van der Waals surface area contributed by atoms with Crippen molar-refractivity contribution in [1.29, 1.82) is 0 Å². The maximum absolute atomic E-state index is 14.1. The second kappa shape index (κ2) is 21.4. The lowest BCUT2D eigenvalue weighted by Gasteiger charge is -2.20. The lowest BCUT2D eigenvalue weighted by atomic mass is 9.86. The number of amides is 2. The van der Waals surface area contributed by atoms with E-state index in [4.69, 9.17) is 0 Å². The standard InChI is InChI=1S/C43H52INO4/c1-2-3-4-5-6-7-8-9-10-11-12-13-14-15-25-32-39(46)45-43(47)41-40(36-30-23-18-24-31-36)37(34-26-19-16-20-27-34)33-38(42(41)44(48)49)35-28-21-17-22-29-35/h16-24,26-31,33H,2-15,25,32H2,1H3,(H,45,46,47). The molecule has 0 saturated carbocycles. The van der Waals surface area contributed by atoms with E-state index in [1.807, 2.05) is 97.1 Å². The summed E-state index contributed by atoms with van der Waals surface area (Å²) in [6, 6.07) is 30.1. The van der Waals surface area contributed by atoms with Crippen LogP contribution in [0, 0.1) is 3.57 Å². The summed E-state index contributed by atoms with van der Waals surface area (Å²) in [5, 5.41) is 2.58. The zero-order valence-electron chi connectivity index (χ0n) is 29.1. The average Bonchev–Trinajstić information content (AvgIpc) is 3.13. The Labute approximate surface area is 300 Å². The summed E-state index contributed by atoms with van der Waals surface area (Å²) in [5.74, 6) is -1.06. The van der Waals surface area contributed by atoms with E-state index in [0.717, 1.165) is 30.4 Å². The second-order valence-electron chi connectivity index (χ2n) is 12.9. The molecule has 0 atom stereocenters. The third kappa shape index (κ3) is 12.0. The van der Waals surface area contributed by atoms with Crippen LogP contribution in [0.15, 0.2) is 97.1 Å². The van der Waals surface area contributed by atoms with Gasteiger partial charge in [-0.15, -0.1) is 0 Å². The molecule has 0 unspecified atom stereocenters. The number of unbranched alkanes of at least 4 members (excludes halogenated alkanes) is 14. The summed E-state index contributed by atoms with van der Waals surface area (Å²) in [6.07, 6.45) is 18.7. The zero-order valence-corrected chi connectivity index (χ0v) is 31.2. The molecule has 1 N–H and O–H groups in total. The van der Waals surface area contributed by atoms with Crippen LogP contribution in [0.25, 0.3) is 33.4 Å². The monoisotopic (exact) mass is 773 g/mol. The smallest absolute Gasteiger partial charge is 0.292 e. The lowest BCUT2D eigenvalue weighted by Crippen LogP contribution is -2.31. The van der Waals surface area contributed by atoms with E-state index in [0.29, 0.717) is 28.7 Å². The van der Waals surface area contributed by atoms with Gasteiger partial charge in [-0.3, -0.25) is 14.9 Å². The van der Waals surface area contributed by atoms with Crippen molar-refractivity contribution >= 4 is 31.6 Å². The quantitative estimate of drug-likeness (QED) is 0.0675. The van der Waals surface area contributed by atoms with Gasteiger partial charge in [-0.2, -0.15) is 0 Å². The third-order valence-electron chi connectivity index (χ3n) is 9.14. The molecule has 5 nitrogen and oxygen atoms in total. The molecule has 0 heterocycles. The maximum atomic E-state index is 14.1. The number of benzene rings is 4. The molecule has 0 fully saturated rings. The fourth-order valence-corrected chi connectivity index (χ4v) is 8.42. The highest BCUT2D eigenvalue weighted by atomic mass is 127. The molecule has 0 aromatic heterocycles. The van der Waals surface area contributed by atoms with Gasteiger partial charge in [-0.05, 0) is 34.7 Å². The number of halogens is 1. The molecule has 4 aromatic rings. The van der Waals surface area contributed by atoms with Crippen LogP contribution in [0.1, 0.15) is 120 Å². The first-order valence-corrected chi connectivity index (χ1v) is 21.1. The molecule has 0 aliphatic rings. The fraction of sp³-hybridized carbons (Fsp3) is 0.395. The van der Waals surface area contributed by atoms with Crippen molar-refractivity contribution in [2.45, 2.75) is 110 Å². The van der Waals surface area contributed by atoms with Gasteiger partial charge in [0.25, 0.3) is 5.91 Å². The Hall–Kier alpha value is -3.65. The predicted octanol–water partition coefficient (Wildman–Crippen LogP) is 12.6. The average molecular weight is 774 g/mol. The number of hydrogen-bond donors (Lipinski definition) is 1. The van der Waals surface area contributed by atoms with Crippen molar-refractivity contribution in [1.82, 2.24) is 5.32 Å². The number of carbonyl (C=O) groups is 2. The van der Waals surface area contributed by atoms with E-state index >= 15 is 0 Å². The van der Waals surface area contributed by atoms with Gasteiger partial charge >= 0.3 is 19.8 Å². The topological polar surface area (TPSA) is 80.3 Å². The Bertz CT molecular complexity index is 1660. The molecule has 260 valence electrons. The molecular weight excluding hydrogens is 721 g/mol. The molecule has 49 heavy (non-hydrogen) atoms. The number of rotatable bonds is 21. The van der Waals surface area contributed by atoms with Crippen molar-refractivity contribution in [3.63, 3.8) is 0 Å². The van der Waals surface area contributed by atoms with E-state index < -0.39 is 25.7 Å². The summed E-state index contributed by atoms with van der Waals surface area (Å²) in [7, 11) is 0. The molecule has 0 saturated heterocycles. The van der Waals surface area contributed by atoms with Crippen LogP contribution in [0.2, 0.25) is 0 Å². The van der Waals surface area contributed by atoms with E-state index in [9.17, 15) is 15.7 Å². The van der Waals surface area contributed by atoms with Crippen LogP contribution in [0.5, 0.6) is 0 Å². The van der Waals surface area contributed by atoms with Crippen molar-refractivity contribution in [3.8, 4) is 33.4 Å². The van der Waals surface area contributed by atoms with Gasteiger partial charge in [0.2, 0.25) is 5.91 Å². The van der Waals surface area contributed by atoms with E-state index in [1.54, 1.807) is 0 Å². The largest absolute Gasteiger partial charge is 0.342 e. The van der Waals surface area contributed by atoms with Gasteiger partial charge < -0.3 is 0 Å². The first-order chi connectivity index (χ1) is 24.0. The van der Waals surface area contributed by atoms with E-state index in [1.165, 1.54) is 70.6 Å². The summed E-state index contributed by atoms with van der Waals surface area (Å²) >= 11 is -4.28. The Morgan fingerprint density at radius 2 is 0.939 bits per heavy atom. The Balaban J connectivity index is 1.42. The van der Waals surface area contributed by atoms with Crippen molar-refractivity contribution in [3.05, 3.63) is 106 Å². The summed E-state index contributed by atoms with van der Waals surface area (Å²) in [6.45, 7) is 2.26. The van der Waals surface area contributed by atoms with Gasteiger partial charge in [0, 0.05) is 17.5 Å². The fourth-order valence-electron chi connectivity index (χ4n) is 6.52. The second-order valence-corrected chi connectivity index (χ2v) is 15.2. The third-order valence-corrected chi connectivity index (χ3v) is 11.1. The normalized spacial score (nSPS) is 11.1. The first kappa shape index (κ1) is 38.2. The first-order valence-electron chi connectivity index (χ1n) is 18.3. The molecule has 4 aromatic carbocycles. The van der Waals surface area contributed by atoms with Gasteiger partial charge in [-0.25, -0.2) is 6.14 Å². The summed E-state index contributed by atoms with van der Waals surface area (Å²) < 4.78 is 26.3. The summed E-state index contributed by atoms with van der Waals surface area (Å²) in [4.78, 5) is 27.2. The number of imide groups is 1. The SMILES string of the molecule is CCCCCCCCCCCCCCCCCC(=O)NC(=O)c1c(-c2ccccc2)c(-c2ccccc2)cc(-c2ccccc2)c1I(=O)=O. The zero-order chi connectivity index (χ0) is 34.7. The highest BCUT2D eigenvalue weighted by molar-refractivity contribution is 14.2. The van der Waals surface area contributed by atoms with Gasteiger partial charge in [-0.1, -0.05) is 188 Å². The van der Waals surface area contributed by atoms with Crippen molar-refractivity contribution in [2.75, 3.05) is 0 Å². The summed E-state index contributed by atoms with van der Waals surface area (Å²) in [5.41, 5.74) is 3.99. The molecule has 0 aliphatic heterocycles. The minimum Gasteiger partial charge on any atom is -0.292 e. The molecule has 0 radical (unpaired) electrons. The molecule has 6 heteroatoms. The van der Waals surface area contributed by atoms with Crippen LogP contribution in [-0.2, 0) is 10.9 Å². The Kier molecular flexibility index (Phi) is 16.7. The molecule has 4 rings (SSSR count). The predicted molar refractivity (Wildman–Crippen MR) is 209 cm³/mol. The number of carbonyl (C=O) groups excluding carboxylic acids is 2. The van der Waals surface area contributed by atoms with Crippen molar-refractivity contribution in [2.24, 2.45) is 0 Å². The lowest BCUT2D eigenvalue weighted by molar-refractivity contribution is -0.120. The molecule has 0 bridgehead atoms. The van der Waals surface area contributed by atoms with Crippen LogP contribution < -0.4 is 5.32 Å².